The van der Waals surface area contributed by atoms with Gasteiger partial charge >= 0.3 is 0 Å². The highest BCUT2D eigenvalue weighted by Crippen LogP contribution is 2.18. The van der Waals surface area contributed by atoms with Crippen molar-refractivity contribution in [3.63, 3.8) is 0 Å². The van der Waals surface area contributed by atoms with Crippen molar-refractivity contribution in [3.8, 4) is 0 Å². The molecule has 0 aliphatic carbocycles. The van der Waals surface area contributed by atoms with Crippen molar-refractivity contribution >= 4 is 33.3 Å². The van der Waals surface area contributed by atoms with E-state index in [1.165, 1.54) is 0 Å². The SMILES string of the molecule is CS(=O)CCNc1nc2ccccc2n2nnnc12. The molecule has 0 spiro atoms. The van der Waals surface area contributed by atoms with Gasteiger partial charge in [0.05, 0.1) is 11.0 Å². The van der Waals surface area contributed by atoms with E-state index in [0.717, 1.165) is 11.0 Å². The monoisotopic (exact) mass is 276 g/mol. The van der Waals surface area contributed by atoms with E-state index in [4.69, 9.17) is 0 Å². The molecule has 98 valence electrons. The molecule has 0 bridgehead atoms. The number of nitrogens with zero attached hydrogens (tertiary/aromatic N) is 5. The Labute approximate surface area is 111 Å². The van der Waals surface area contributed by atoms with Gasteiger partial charge in [0.1, 0.15) is 0 Å². The summed E-state index contributed by atoms with van der Waals surface area (Å²) in [6.07, 6.45) is 1.67. The van der Waals surface area contributed by atoms with E-state index in [9.17, 15) is 4.21 Å². The van der Waals surface area contributed by atoms with E-state index in [2.05, 4.69) is 25.8 Å². The molecule has 0 radical (unpaired) electrons. The smallest absolute Gasteiger partial charge is 0.222 e. The van der Waals surface area contributed by atoms with Crippen molar-refractivity contribution in [1.82, 2.24) is 25.0 Å². The summed E-state index contributed by atoms with van der Waals surface area (Å²) < 4.78 is 12.7. The number of nitrogens with one attached hydrogen (secondary N) is 1. The molecule has 1 aromatic carbocycles. The molecule has 1 atom stereocenters. The van der Waals surface area contributed by atoms with E-state index in [1.807, 2.05) is 24.3 Å². The lowest BCUT2D eigenvalue weighted by Crippen LogP contribution is -2.12. The predicted molar refractivity (Wildman–Crippen MR) is 73.5 cm³/mol. The lowest BCUT2D eigenvalue weighted by molar-refractivity contribution is 0.687. The molecule has 0 saturated carbocycles. The Bertz CT molecular complexity index is 755. The van der Waals surface area contributed by atoms with E-state index >= 15 is 0 Å². The van der Waals surface area contributed by atoms with Gasteiger partial charge in [0.2, 0.25) is 5.65 Å². The summed E-state index contributed by atoms with van der Waals surface area (Å²) in [4.78, 5) is 4.50. The summed E-state index contributed by atoms with van der Waals surface area (Å²) in [5.41, 5.74) is 2.23. The van der Waals surface area contributed by atoms with Crippen LogP contribution in [0.1, 0.15) is 0 Å². The first-order chi connectivity index (χ1) is 9.25. The van der Waals surface area contributed by atoms with Gasteiger partial charge in [-0.1, -0.05) is 12.1 Å². The van der Waals surface area contributed by atoms with Crippen LogP contribution in [0.25, 0.3) is 16.7 Å². The molecular formula is C11H12N6OS. The van der Waals surface area contributed by atoms with Crippen molar-refractivity contribution < 1.29 is 4.21 Å². The Morgan fingerprint density at radius 3 is 3.05 bits per heavy atom. The first-order valence-corrected chi connectivity index (χ1v) is 7.49. The minimum absolute atomic E-state index is 0.558. The average Bonchev–Trinajstić information content (AvgIpc) is 2.88. The van der Waals surface area contributed by atoms with Crippen LogP contribution < -0.4 is 5.32 Å². The Hall–Kier alpha value is -2.09. The molecule has 2 heterocycles. The Morgan fingerprint density at radius 1 is 1.37 bits per heavy atom. The maximum Gasteiger partial charge on any atom is 0.222 e. The Kier molecular flexibility index (Phi) is 3.08. The molecule has 2 aromatic heterocycles. The zero-order valence-corrected chi connectivity index (χ0v) is 11.1. The third-order valence-electron chi connectivity index (χ3n) is 2.71. The van der Waals surface area contributed by atoms with Gasteiger partial charge in [-0.3, -0.25) is 4.21 Å². The predicted octanol–water partition coefficient (Wildman–Crippen LogP) is 0.463. The molecule has 0 aliphatic rings. The van der Waals surface area contributed by atoms with Gasteiger partial charge in [0.25, 0.3) is 0 Å². The van der Waals surface area contributed by atoms with Crippen LogP contribution in [-0.4, -0.2) is 47.8 Å². The molecule has 7 nitrogen and oxygen atoms in total. The van der Waals surface area contributed by atoms with E-state index < -0.39 is 10.8 Å². The molecule has 19 heavy (non-hydrogen) atoms. The number of rotatable bonds is 4. The van der Waals surface area contributed by atoms with Gasteiger partial charge in [-0.2, -0.15) is 4.52 Å². The van der Waals surface area contributed by atoms with Gasteiger partial charge in [-0.05, 0) is 22.6 Å². The summed E-state index contributed by atoms with van der Waals surface area (Å²) in [5, 5.41) is 14.7. The molecule has 3 aromatic rings. The lowest BCUT2D eigenvalue weighted by Gasteiger charge is -2.07. The minimum Gasteiger partial charge on any atom is -0.366 e. The number of benzene rings is 1. The van der Waals surface area contributed by atoms with Crippen molar-refractivity contribution in [2.45, 2.75) is 0 Å². The Balaban J connectivity index is 2.06. The van der Waals surface area contributed by atoms with Crippen LogP contribution in [0.15, 0.2) is 24.3 Å². The van der Waals surface area contributed by atoms with Crippen LogP contribution in [0.5, 0.6) is 0 Å². The van der Waals surface area contributed by atoms with Gasteiger partial charge in [0.15, 0.2) is 5.82 Å². The van der Waals surface area contributed by atoms with Gasteiger partial charge in [-0.15, -0.1) is 5.10 Å². The first-order valence-electron chi connectivity index (χ1n) is 5.76. The van der Waals surface area contributed by atoms with Crippen molar-refractivity contribution in [3.05, 3.63) is 24.3 Å². The minimum atomic E-state index is -0.839. The summed E-state index contributed by atoms with van der Waals surface area (Å²) in [6.45, 7) is 0.566. The van der Waals surface area contributed by atoms with Crippen LogP contribution in [0.2, 0.25) is 0 Å². The molecule has 0 amide bonds. The second kappa shape index (κ2) is 4.88. The number of hydrogen-bond acceptors (Lipinski definition) is 6. The summed E-state index contributed by atoms with van der Waals surface area (Å²) >= 11 is 0. The number of para-hydroxylation sites is 2. The molecule has 3 rings (SSSR count). The average molecular weight is 276 g/mol. The van der Waals surface area contributed by atoms with E-state index in [0.29, 0.717) is 23.8 Å². The van der Waals surface area contributed by atoms with Crippen LogP contribution in [0.3, 0.4) is 0 Å². The number of aromatic nitrogens is 5. The zero-order chi connectivity index (χ0) is 13.2. The van der Waals surface area contributed by atoms with E-state index in [-0.39, 0.29) is 0 Å². The molecule has 1 unspecified atom stereocenters. The van der Waals surface area contributed by atoms with Crippen molar-refractivity contribution in [1.29, 1.82) is 0 Å². The highest BCUT2D eigenvalue weighted by Gasteiger charge is 2.10. The number of anilines is 1. The van der Waals surface area contributed by atoms with Crippen LogP contribution >= 0.6 is 0 Å². The molecule has 0 aliphatic heterocycles. The first kappa shape index (κ1) is 12.0. The second-order valence-electron chi connectivity index (χ2n) is 4.07. The lowest BCUT2D eigenvalue weighted by atomic mass is 10.3. The quantitative estimate of drug-likeness (QED) is 0.745. The number of hydrogen-bond donors (Lipinski definition) is 1. The largest absolute Gasteiger partial charge is 0.366 e. The fraction of sp³-hybridized carbons (Fsp3) is 0.273. The zero-order valence-electron chi connectivity index (χ0n) is 10.3. The summed E-state index contributed by atoms with van der Waals surface area (Å²) in [6, 6.07) is 7.64. The molecule has 1 N–H and O–H groups in total. The van der Waals surface area contributed by atoms with Crippen molar-refractivity contribution in [2.75, 3.05) is 23.9 Å². The van der Waals surface area contributed by atoms with Gasteiger partial charge < -0.3 is 5.32 Å². The van der Waals surface area contributed by atoms with E-state index in [1.54, 1.807) is 10.8 Å². The number of fused-ring (bicyclic) bond motifs is 3. The van der Waals surface area contributed by atoms with Crippen molar-refractivity contribution in [2.24, 2.45) is 0 Å². The molecule has 8 heteroatoms. The second-order valence-corrected chi connectivity index (χ2v) is 5.62. The standard InChI is InChI=1S/C11H12N6OS/c1-19(18)7-6-12-10-11-14-15-16-17(11)9-5-3-2-4-8(9)13-10/h2-5H,6-7H2,1H3,(H,12,13). The van der Waals surface area contributed by atoms with Gasteiger partial charge in [-0.25, -0.2) is 4.98 Å². The van der Waals surface area contributed by atoms with Crippen LogP contribution in [-0.2, 0) is 10.8 Å². The maximum absolute atomic E-state index is 11.1. The van der Waals surface area contributed by atoms with Gasteiger partial charge in [0, 0.05) is 29.4 Å². The molecule has 0 saturated heterocycles. The normalized spacial score (nSPS) is 12.9. The fourth-order valence-electron chi connectivity index (χ4n) is 1.84. The highest BCUT2D eigenvalue weighted by atomic mass is 32.2. The van der Waals surface area contributed by atoms with Crippen LogP contribution in [0, 0.1) is 0 Å². The Morgan fingerprint density at radius 2 is 2.21 bits per heavy atom. The van der Waals surface area contributed by atoms with Crippen LogP contribution in [0.4, 0.5) is 5.82 Å². The topological polar surface area (TPSA) is 85.1 Å². The summed E-state index contributed by atoms with van der Waals surface area (Å²) in [5.74, 6) is 1.16. The highest BCUT2D eigenvalue weighted by molar-refractivity contribution is 7.84. The molecule has 0 fully saturated rings. The third-order valence-corrected chi connectivity index (χ3v) is 3.48. The molecular weight excluding hydrogens is 264 g/mol. The number of tetrazole rings is 1. The summed E-state index contributed by atoms with van der Waals surface area (Å²) in [7, 11) is -0.839. The third kappa shape index (κ3) is 2.26. The maximum atomic E-state index is 11.1. The fourth-order valence-corrected chi connectivity index (χ4v) is 2.23.